The van der Waals surface area contributed by atoms with E-state index in [9.17, 15) is 4.79 Å². The molecule has 7 heteroatoms. The van der Waals surface area contributed by atoms with Gasteiger partial charge < -0.3 is 9.64 Å². The molecule has 0 radical (unpaired) electrons. The van der Waals surface area contributed by atoms with Gasteiger partial charge in [-0.05, 0) is 42.7 Å². The predicted molar refractivity (Wildman–Crippen MR) is 95.6 cm³/mol. The Balaban J connectivity index is 1.54. The van der Waals surface area contributed by atoms with E-state index in [0.717, 1.165) is 30.2 Å². The highest BCUT2D eigenvalue weighted by Gasteiger charge is 2.46. The normalized spacial score (nSPS) is 22.8. The minimum Gasteiger partial charge on any atom is -0.377 e. The molecule has 0 unspecified atom stereocenters. The minimum atomic E-state index is 0.0635. The SMILES string of the molecule is CCc1cncc(C(=O)N2C[C@H](c3n[nH]c(COC)n3)[C@@H](C3CC3)C2)c1. The molecule has 0 bridgehead atoms. The van der Waals surface area contributed by atoms with Crippen molar-refractivity contribution in [3.05, 3.63) is 41.2 Å². The average Bonchev–Trinajstić information content (AvgIpc) is 3.25. The van der Waals surface area contributed by atoms with Crippen molar-refractivity contribution in [1.29, 1.82) is 0 Å². The number of aromatic nitrogens is 4. The number of carbonyl (C=O) groups is 1. The quantitative estimate of drug-likeness (QED) is 0.858. The van der Waals surface area contributed by atoms with Crippen molar-refractivity contribution in [3.8, 4) is 0 Å². The molecule has 1 aliphatic carbocycles. The molecule has 4 rings (SSSR count). The van der Waals surface area contributed by atoms with Crippen molar-refractivity contribution in [2.24, 2.45) is 11.8 Å². The van der Waals surface area contributed by atoms with Crippen LogP contribution in [0, 0.1) is 11.8 Å². The number of hydrogen-bond donors (Lipinski definition) is 1. The Bertz CT molecular complexity index is 786. The van der Waals surface area contributed by atoms with Crippen molar-refractivity contribution in [1.82, 2.24) is 25.1 Å². The van der Waals surface area contributed by atoms with E-state index in [4.69, 9.17) is 4.74 Å². The Morgan fingerprint density at radius 3 is 2.92 bits per heavy atom. The number of likely N-dealkylation sites (tertiary alicyclic amines) is 1. The molecule has 1 amide bonds. The number of aromatic amines is 1. The second kappa shape index (κ2) is 7.15. The van der Waals surface area contributed by atoms with Crippen LogP contribution in [0.4, 0.5) is 0 Å². The number of hydrogen-bond acceptors (Lipinski definition) is 5. The molecule has 1 saturated heterocycles. The van der Waals surface area contributed by atoms with E-state index in [2.05, 4.69) is 27.1 Å². The Kier molecular flexibility index (Phi) is 4.72. The van der Waals surface area contributed by atoms with Crippen LogP contribution in [0.1, 0.15) is 53.3 Å². The van der Waals surface area contributed by atoms with Crippen molar-refractivity contribution >= 4 is 5.91 Å². The molecule has 2 aliphatic rings. The first-order chi connectivity index (χ1) is 12.7. The first kappa shape index (κ1) is 17.1. The molecule has 138 valence electrons. The summed E-state index contributed by atoms with van der Waals surface area (Å²) in [4.78, 5) is 23.8. The van der Waals surface area contributed by atoms with Crippen LogP contribution in [0.15, 0.2) is 18.5 Å². The number of nitrogens with zero attached hydrogens (tertiary/aromatic N) is 4. The second-order valence-corrected chi connectivity index (χ2v) is 7.33. The molecule has 2 aromatic rings. The van der Waals surface area contributed by atoms with E-state index in [1.54, 1.807) is 13.3 Å². The fraction of sp³-hybridized carbons (Fsp3) is 0.579. The number of rotatable bonds is 6. The van der Waals surface area contributed by atoms with E-state index < -0.39 is 0 Å². The van der Waals surface area contributed by atoms with E-state index in [0.29, 0.717) is 30.6 Å². The largest absolute Gasteiger partial charge is 0.377 e. The summed E-state index contributed by atoms with van der Waals surface area (Å²) in [5.74, 6) is 2.92. The maximum absolute atomic E-state index is 13.0. The van der Waals surface area contributed by atoms with Crippen LogP contribution in [0.3, 0.4) is 0 Å². The molecule has 1 aliphatic heterocycles. The fourth-order valence-corrected chi connectivity index (χ4v) is 3.93. The minimum absolute atomic E-state index is 0.0635. The number of amides is 1. The lowest BCUT2D eigenvalue weighted by Crippen LogP contribution is -2.29. The standard InChI is InChI=1S/C19H25N5O2/c1-3-12-6-14(8-20-7-12)19(25)24-9-15(13-4-5-13)16(10-24)18-21-17(11-26-2)22-23-18/h6-8,13,15-16H,3-5,9-11H2,1-2H3,(H,21,22,23)/t15-,16+/m1/s1. The van der Waals surface area contributed by atoms with Crippen molar-refractivity contribution in [3.63, 3.8) is 0 Å². The summed E-state index contributed by atoms with van der Waals surface area (Å²) in [7, 11) is 1.64. The molecule has 7 nitrogen and oxygen atoms in total. The Hall–Kier alpha value is -2.28. The summed E-state index contributed by atoms with van der Waals surface area (Å²) >= 11 is 0. The predicted octanol–water partition coefficient (Wildman–Crippen LogP) is 2.17. The molecule has 2 fully saturated rings. The lowest BCUT2D eigenvalue weighted by molar-refractivity contribution is 0.0784. The molecule has 0 spiro atoms. The summed E-state index contributed by atoms with van der Waals surface area (Å²) < 4.78 is 5.12. The molecule has 2 atom stereocenters. The van der Waals surface area contributed by atoms with Gasteiger partial charge in [-0.25, -0.2) is 4.98 Å². The summed E-state index contributed by atoms with van der Waals surface area (Å²) in [5.41, 5.74) is 1.76. The molecule has 3 heterocycles. The first-order valence-corrected chi connectivity index (χ1v) is 9.33. The topological polar surface area (TPSA) is 84.0 Å². The number of aryl methyl sites for hydroxylation is 1. The van der Waals surface area contributed by atoms with Gasteiger partial charge in [0.15, 0.2) is 11.6 Å². The van der Waals surface area contributed by atoms with Crippen LogP contribution in [-0.2, 0) is 17.8 Å². The molecule has 1 saturated carbocycles. The van der Waals surface area contributed by atoms with Gasteiger partial charge in [-0.15, -0.1) is 0 Å². The van der Waals surface area contributed by atoms with Crippen LogP contribution < -0.4 is 0 Å². The highest BCUT2D eigenvalue weighted by Crippen LogP contribution is 2.47. The maximum atomic E-state index is 13.0. The lowest BCUT2D eigenvalue weighted by atomic mass is 9.91. The van der Waals surface area contributed by atoms with Crippen molar-refractivity contribution in [2.75, 3.05) is 20.2 Å². The zero-order chi connectivity index (χ0) is 18.1. The summed E-state index contributed by atoms with van der Waals surface area (Å²) in [6.07, 6.45) is 6.85. The highest BCUT2D eigenvalue weighted by molar-refractivity contribution is 5.94. The Morgan fingerprint density at radius 1 is 1.35 bits per heavy atom. The smallest absolute Gasteiger partial charge is 0.255 e. The molecule has 0 aromatic carbocycles. The zero-order valence-corrected chi connectivity index (χ0v) is 15.3. The fourth-order valence-electron chi connectivity index (χ4n) is 3.93. The second-order valence-electron chi connectivity index (χ2n) is 7.33. The van der Waals surface area contributed by atoms with Gasteiger partial charge in [-0.1, -0.05) is 6.92 Å². The Morgan fingerprint density at radius 2 is 2.19 bits per heavy atom. The van der Waals surface area contributed by atoms with E-state index >= 15 is 0 Å². The average molecular weight is 355 g/mol. The van der Waals surface area contributed by atoms with Gasteiger partial charge in [-0.3, -0.25) is 14.9 Å². The summed E-state index contributed by atoms with van der Waals surface area (Å²) in [5, 5.41) is 7.36. The number of pyridine rings is 1. The number of nitrogens with one attached hydrogen (secondary N) is 1. The molecular formula is C19H25N5O2. The van der Waals surface area contributed by atoms with Gasteiger partial charge in [-0.2, -0.15) is 5.10 Å². The van der Waals surface area contributed by atoms with Crippen LogP contribution in [0.5, 0.6) is 0 Å². The van der Waals surface area contributed by atoms with E-state index in [1.807, 2.05) is 17.2 Å². The highest BCUT2D eigenvalue weighted by atomic mass is 16.5. The van der Waals surface area contributed by atoms with Gasteiger partial charge in [0.1, 0.15) is 6.61 Å². The number of H-pyrrole nitrogens is 1. The molecule has 26 heavy (non-hydrogen) atoms. The van der Waals surface area contributed by atoms with Crippen molar-refractivity contribution in [2.45, 2.75) is 38.7 Å². The first-order valence-electron chi connectivity index (χ1n) is 9.33. The molecule has 1 N–H and O–H groups in total. The molecular weight excluding hydrogens is 330 g/mol. The van der Waals surface area contributed by atoms with Crippen molar-refractivity contribution < 1.29 is 9.53 Å². The van der Waals surface area contributed by atoms with E-state index in [1.165, 1.54) is 12.8 Å². The Labute approximate surface area is 153 Å². The van der Waals surface area contributed by atoms with Gasteiger partial charge in [0.25, 0.3) is 5.91 Å². The summed E-state index contributed by atoms with van der Waals surface area (Å²) in [6.45, 7) is 3.94. The lowest BCUT2D eigenvalue weighted by Gasteiger charge is -2.16. The van der Waals surface area contributed by atoms with Gasteiger partial charge in [0.05, 0.1) is 5.56 Å². The van der Waals surface area contributed by atoms with Crippen LogP contribution in [0.25, 0.3) is 0 Å². The third-order valence-electron chi connectivity index (χ3n) is 5.49. The zero-order valence-electron chi connectivity index (χ0n) is 15.3. The maximum Gasteiger partial charge on any atom is 0.255 e. The van der Waals surface area contributed by atoms with Gasteiger partial charge in [0, 0.05) is 38.5 Å². The van der Waals surface area contributed by atoms with Gasteiger partial charge >= 0.3 is 0 Å². The van der Waals surface area contributed by atoms with Crippen LogP contribution in [-0.4, -0.2) is 51.2 Å². The van der Waals surface area contributed by atoms with E-state index in [-0.39, 0.29) is 11.8 Å². The summed E-state index contributed by atoms with van der Waals surface area (Å²) in [6, 6.07) is 1.96. The number of ether oxygens (including phenoxy) is 1. The van der Waals surface area contributed by atoms with Crippen LogP contribution in [0.2, 0.25) is 0 Å². The monoisotopic (exact) mass is 355 g/mol. The van der Waals surface area contributed by atoms with Crippen LogP contribution >= 0.6 is 0 Å². The number of methoxy groups -OCH3 is 1. The third-order valence-corrected chi connectivity index (χ3v) is 5.49. The third kappa shape index (κ3) is 3.35. The number of carbonyl (C=O) groups excluding carboxylic acids is 1. The van der Waals surface area contributed by atoms with Gasteiger partial charge in [0.2, 0.25) is 0 Å². The molecule has 2 aromatic heterocycles.